The minimum Gasteiger partial charge on any atom is -0.337 e. The SMILES string of the molecule is Cc1ccccc1C(=O)N(CCN)CCc1ccccc1.Cl. The largest absolute Gasteiger partial charge is 0.337 e. The molecule has 2 aromatic carbocycles. The van der Waals surface area contributed by atoms with Crippen LogP contribution in [0.15, 0.2) is 54.6 Å². The second-order valence-electron chi connectivity index (χ2n) is 5.13. The molecule has 0 atom stereocenters. The molecule has 0 saturated heterocycles. The summed E-state index contributed by atoms with van der Waals surface area (Å²) in [6, 6.07) is 17.9. The van der Waals surface area contributed by atoms with E-state index in [1.165, 1.54) is 5.56 Å². The van der Waals surface area contributed by atoms with Crippen LogP contribution in [-0.2, 0) is 6.42 Å². The zero-order chi connectivity index (χ0) is 15.1. The average Bonchev–Trinajstić information content (AvgIpc) is 2.52. The van der Waals surface area contributed by atoms with Crippen molar-refractivity contribution in [1.82, 2.24) is 4.90 Å². The maximum absolute atomic E-state index is 12.6. The van der Waals surface area contributed by atoms with Crippen LogP contribution in [0.1, 0.15) is 21.5 Å². The first-order chi connectivity index (χ1) is 10.2. The number of carbonyl (C=O) groups is 1. The van der Waals surface area contributed by atoms with Crippen molar-refractivity contribution in [2.24, 2.45) is 5.73 Å². The van der Waals surface area contributed by atoms with Crippen LogP contribution in [0.4, 0.5) is 0 Å². The van der Waals surface area contributed by atoms with E-state index in [-0.39, 0.29) is 18.3 Å². The van der Waals surface area contributed by atoms with Crippen LogP contribution in [0.3, 0.4) is 0 Å². The van der Waals surface area contributed by atoms with Gasteiger partial charge in [0.2, 0.25) is 0 Å². The van der Waals surface area contributed by atoms with Gasteiger partial charge in [-0.25, -0.2) is 0 Å². The predicted molar refractivity (Wildman–Crippen MR) is 93.5 cm³/mol. The number of hydrogen-bond donors (Lipinski definition) is 1. The quantitative estimate of drug-likeness (QED) is 0.889. The van der Waals surface area contributed by atoms with Crippen LogP contribution >= 0.6 is 12.4 Å². The molecule has 0 unspecified atom stereocenters. The van der Waals surface area contributed by atoms with Crippen molar-refractivity contribution in [1.29, 1.82) is 0 Å². The van der Waals surface area contributed by atoms with Crippen molar-refractivity contribution in [2.75, 3.05) is 19.6 Å². The van der Waals surface area contributed by atoms with Gasteiger partial charge in [-0.3, -0.25) is 4.79 Å². The van der Waals surface area contributed by atoms with Crippen LogP contribution in [-0.4, -0.2) is 30.4 Å². The number of amides is 1. The number of carbonyl (C=O) groups excluding carboxylic acids is 1. The van der Waals surface area contributed by atoms with Crippen LogP contribution in [0, 0.1) is 6.92 Å². The predicted octanol–water partition coefficient (Wildman–Crippen LogP) is 3.06. The molecule has 2 rings (SSSR count). The summed E-state index contributed by atoms with van der Waals surface area (Å²) in [6.45, 7) is 3.71. The Morgan fingerprint density at radius 2 is 1.64 bits per heavy atom. The first kappa shape index (κ1) is 18.2. The third-order valence-corrected chi connectivity index (χ3v) is 3.57. The summed E-state index contributed by atoms with van der Waals surface area (Å²) in [6.07, 6.45) is 0.846. The lowest BCUT2D eigenvalue weighted by atomic mass is 10.1. The lowest BCUT2D eigenvalue weighted by molar-refractivity contribution is 0.0761. The molecule has 1 amide bonds. The molecule has 4 heteroatoms. The van der Waals surface area contributed by atoms with Gasteiger partial charge < -0.3 is 10.6 Å². The van der Waals surface area contributed by atoms with Crippen molar-refractivity contribution in [3.8, 4) is 0 Å². The van der Waals surface area contributed by atoms with Crippen LogP contribution in [0.2, 0.25) is 0 Å². The molecule has 0 bridgehead atoms. The molecule has 0 heterocycles. The van der Waals surface area contributed by atoms with Gasteiger partial charge in [-0.1, -0.05) is 48.5 Å². The van der Waals surface area contributed by atoms with Crippen LogP contribution in [0.5, 0.6) is 0 Å². The van der Waals surface area contributed by atoms with Crippen LogP contribution in [0.25, 0.3) is 0 Å². The smallest absolute Gasteiger partial charge is 0.254 e. The summed E-state index contributed by atoms with van der Waals surface area (Å²) in [5.74, 6) is 0.0643. The summed E-state index contributed by atoms with van der Waals surface area (Å²) < 4.78 is 0. The van der Waals surface area contributed by atoms with Gasteiger partial charge in [-0.15, -0.1) is 12.4 Å². The van der Waals surface area contributed by atoms with Gasteiger partial charge in [-0.05, 0) is 30.5 Å². The molecule has 0 aliphatic carbocycles. The molecule has 22 heavy (non-hydrogen) atoms. The maximum atomic E-state index is 12.6. The molecule has 0 fully saturated rings. The van der Waals surface area contributed by atoms with Gasteiger partial charge in [0.25, 0.3) is 5.91 Å². The normalized spacial score (nSPS) is 9.91. The number of hydrogen-bond acceptors (Lipinski definition) is 2. The highest BCUT2D eigenvalue weighted by atomic mass is 35.5. The number of nitrogens with two attached hydrogens (primary N) is 1. The first-order valence-corrected chi connectivity index (χ1v) is 7.31. The Morgan fingerprint density at radius 3 is 2.27 bits per heavy atom. The molecule has 2 aromatic rings. The van der Waals surface area contributed by atoms with Crippen LogP contribution < -0.4 is 5.73 Å². The molecule has 2 N–H and O–H groups in total. The van der Waals surface area contributed by atoms with Crippen molar-refractivity contribution >= 4 is 18.3 Å². The zero-order valence-electron chi connectivity index (χ0n) is 12.9. The number of nitrogens with zero attached hydrogens (tertiary/aromatic N) is 1. The Labute approximate surface area is 138 Å². The van der Waals surface area contributed by atoms with E-state index < -0.39 is 0 Å². The van der Waals surface area contributed by atoms with E-state index in [9.17, 15) is 4.79 Å². The van der Waals surface area contributed by atoms with Crippen molar-refractivity contribution in [2.45, 2.75) is 13.3 Å². The molecule has 0 radical (unpaired) electrons. The second-order valence-corrected chi connectivity index (χ2v) is 5.13. The van der Waals surface area contributed by atoms with E-state index >= 15 is 0 Å². The summed E-state index contributed by atoms with van der Waals surface area (Å²) in [4.78, 5) is 14.5. The third-order valence-electron chi connectivity index (χ3n) is 3.57. The van der Waals surface area contributed by atoms with Gasteiger partial charge in [0.1, 0.15) is 0 Å². The van der Waals surface area contributed by atoms with Gasteiger partial charge in [0.05, 0.1) is 0 Å². The highest BCUT2D eigenvalue weighted by Gasteiger charge is 2.16. The monoisotopic (exact) mass is 318 g/mol. The van der Waals surface area contributed by atoms with E-state index in [4.69, 9.17) is 5.73 Å². The Bertz CT molecular complexity index is 587. The Morgan fingerprint density at radius 1 is 1.00 bits per heavy atom. The highest BCUT2D eigenvalue weighted by molar-refractivity contribution is 5.95. The van der Waals surface area contributed by atoms with Crippen molar-refractivity contribution < 1.29 is 4.79 Å². The third kappa shape index (κ3) is 4.86. The van der Waals surface area contributed by atoms with Gasteiger partial charge in [0.15, 0.2) is 0 Å². The topological polar surface area (TPSA) is 46.3 Å². The fraction of sp³-hybridized carbons (Fsp3) is 0.278. The highest BCUT2D eigenvalue weighted by Crippen LogP contribution is 2.11. The van der Waals surface area contributed by atoms with E-state index in [1.807, 2.05) is 54.3 Å². The molecule has 0 spiro atoms. The van der Waals surface area contributed by atoms with E-state index in [1.54, 1.807) is 0 Å². The molecule has 0 aromatic heterocycles. The minimum atomic E-state index is 0. The molecular formula is C18H23ClN2O. The molecule has 0 saturated carbocycles. The van der Waals surface area contributed by atoms with Gasteiger partial charge >= 0.3 is 0 Å². The lowest BCUT2D eigenvalue weighted by Gasteiger charge is -2.23. The molecular weight excluding hydrogens is 296 g/mol. The Kier molecular flexibility index (Phi) is 7.64. The fourth-order valence-corrected chi connectivity index (χ4v) is 2.36. The molecule has 0 aliphatic rings. The number of rotatable bonds is 6. The maximum Gasteiger partial charge on any atom is 0.254 e. The number of aryl methyl sites for hydroxylation is 1. The average molecular weight is 319 g/mol. The van der Waals surface area contributed by atoms with Crippen molar-refractivity contribution in [3.63, 3.8) is 0 Å². The first-order valence-electron chi connectivity index (χ1n) is 7.31. The standard InChI is InChI=1S/C18H22N2O.ClH/c1-15-7-5-6-10-17(15)18(21)20(14-12-19)13-11-16-8-3-2-4-9-16;/h2-10H,11-14,19H2,1H3;1H. The Hall–Kier alpha value is -1.84. The second kappa shape index (κ2) is 9.23. The molecule has 118 valence electrons. The van der Waals surface area contributed by atoms with Gasteiger partial charge in [0, 0.05) is 25.2 Å². The fourth-order valence-electron chi connectivity index (χ4n) is 2.36. The lowest BCUT2D eigenvalue weighted by Crippen LogP contribution is -2.37. The Balaban J connectivity index is 0.00000242. The zero-order valence-corrected chi connectivity index (χ0v) is 13.7. The minimum absolute atomic E-state index is 0. The molecule has 3 nitrogen and oxygen atoms in total. The van der Waals surface area contributed by atoms with E-state index in [0.717, 1.165) is 17.5 Å². The summed E-state index contributed by atoms with van der Waals surface area (Å²) in [7, 11) is 0. The molecule has 0 aliphatic heterocycles. The van der Waals surface area contributed by atoms with E-state index in [2.05, 4.69) is 12.1 Å². The van der Waals surface area contributed by atoms with Crippen molar-refractivity contribution in [3.05, 3.63) is 71.3 Å². The summed E-state index contributed by atoms with van der Waals surface area (Å²) >= 11 is 0. The summed E-state index contributed by atoms with van der Waals surface area (Å²) in [5, 5.41) is 0. The number of benzene rings is 2. The van der Waals surface area contributed by atoms with Gasteiger partial charge in [-0.2, -0.15) is 0 Å². The summed E-state index contributed by atoms with van der Waals surface area (Å²) in [5.41, 5.74) is 8.66. The number of halogens is 1. The van der Waals surface area contributed by atoms with E-state index in [0.29, 0.717) is 19.6 Å².